The molecule has 5 heterocycles. The summed E-state index contributed by atoms with van der Waals surface area (Å²) in [7, 11) is 0. The Morgan fingerprint density at radius 2 is 1.79 bits per heavy atom. The lowest BCUT2D eigenvalue weighted by Crippen LogP contribution is -2.38. The molecule has 11 heteroatoms. The zero-order valence-corrected chi connectivity index (χ0v) is 25.0. The van der Waals surface area contributed by atoms with Gasteiger partial charge in [-0.1, -0.05) is 43.6 Å². The molecule has 0 spiro atoms. The fraction of sp³-hybridized carbons (Fsp3) is 0.484. The zero-order chi connectivity index (χ0) is 29.4. The number of fused-ring (bicyclic) bond motifs is 1. The minimum absolute atomic E-state index is 0.159. The summed E-state index contributed by atoms with van der Waals surface area (Å²) in [6.07, 6.45) is 4.43. The number of nitrogen functional groups attached to an aromatic ring is 1. The summed E-state index contributed by atoms with van der Waals surface area (Å²) in [5, 5.41) is 9.90. The molecule has 3 aliphatic rings. The van der Waals surface area contributed by atoms with Gasteiger partial charge in [0.15, 0.2) is 0 Å². The van der Waals surface area contributed by atoms with Crippen LogP contribution in [0.4, 0.5) is 23.3 Å². The molecule has 0 bridgehead atoms. The topological polar surface area (TPSA) is 121 Å². The maximum absolute atomic E-state index is 11.9. The lowest BCUT2D eigenvalue weighted by Gasteiger charge is -2.40. The Labute approximate surface area is 251 Å². The number of anilines is 4. The van der Waals surface area contributed by atoms with Crippen LogP contribution in [0.5, 0.6) is 0 Å². The quantitative estimate of drug-likeness (QED) is 0.398. The number of carboxylic acids is 1. The first-order valence-corrected chi connectivity index (χ1v) is 15.0. The van der Waals surface area contributed by atoms with E-state index < -0.39 is 5.97 Å². The number of aromatic nitrogens is 3. The van der Waals surface area contributed by atoms with Crippen LogP contribution in [0.3, 0.4) is 0 Å². The van der Waals surface area contributed by atoms with Crippen molar-refractivity contribution in [2.45, 2.75) is 46.1 Å². The number of benzene rings is 1. The summed E-state index contributed by atoms with van der Waals surface area (Å²) in [6.45, 7) is 10.7. The van der Waals surface area contributed by atoms with Gasteiger partial charge in [0.2, 0.25) is 5.95 Å². The van der Waals surface area contributed by atoms with E-state index in [-0.39, 0.29) is 17.0 Å². The number of nitrogens with zero attached hydrogens (tertiary/aromatic N) is 6. The van der Waals surface area contributed by atoms with Crippen molar-refractivity contribution in [3.63, 3.8) is 0 Å². The monoisotopic (exact) mass is 591 g/mol. The van der Waals surface area contributed by atoms with Crippen LogP contribution in [-0.2, 0) is 28.9 Å². The molecule has 6 rings (SSSR count). The van der Waals surface area contributed by atoms with Crippen molar-refractivity contribution in [3.05, 3.63) is 52.3 Å². The fourth-order valence-electron chi connectivity index (χ4n) is 6.22. The van der Waals surface area contributed by atoms with E-state index in [0.717, 1.165) is 80.6 Å². The number of morpholine rings is 1. The Morgan fingerprint density at radius 3 is 2.52 bits per heavy atom. The van der Waals surface area contributed by atoms with Gasteiger partial charge >= 0.3 is 5.97 Å². The third kappa shape index (κ3) is 5.83. The number of nitrogens with two attached hydrogens (primary N) is 1. The number of rotatable bonds is 6. The summed E-state index contributed by atoms with van der Waals surface area (Å²) < 4.78 is 5.49. The minimum atomic E-state index is -0.946. The van der Waals surface area contributed by atoms with Crippen LogP contribution in [0.2, 0.25) is 5.15 Å². The summed E-state index contributed by atoms with van der Waals surface area (Å²) in [5.41, 5.74) is 12.2. The fourth-order valence-corrected chi connectivity index (χ4v) is 6.46. The molecule has 0 saturated carbocycles. The van der Waals surface area contributed by atoms with Gasteiger partial charge in [0.25, 0.3) is 0 Å². The van der Waals surface area contributed by atoms with E-state index in [1.807, 2.05) is 12.3 Å². The van der Waals surface area contributed by atoms with Crippen LogP contribution in [0.15, 0.2) is 30.5 Å². The van der Waals surface area contributed by atoms with Gasteiger partial charge in [0, 0.05) is 56.6 Å². The standard InChI is InChI=1S/C31H38ClN7O3/c1-31(2)7-11-38(12-8-31)27-23(18-25(40)41)28(32)36-29(33)26(27)21-3-4-22-19-39(10-6-20(22)17-21)30-34-9-5-24(35-30)37-13-15-42-16-14-37/h3-5,9,17H,6-8,10-16,18-19H2,1-2H3,(H2,33,36)(H,40,41). The van der Waals surface area contributed by atoms with Crippen LogP contribution in [0.25, 0.3) is 11.1 Å². The molecular weight excluding hydrogens is 554 g/mol. The molecule has 1 aromatic carbocycles. The van der Waals surface area contributed by atoms with Gasteiger partial charge in [-0.15, -0.1) is 0 Å². The van der Waals surface area contributed by atoms with Crippen molar-refractivity contribution in [3.8, 4) is 11.1 Å². The minimum Gasteiger partial charge on any atom is -0.481 e. The second kappa shape index (κ2) is 11.6. The summed E-state index contributed by atoms with van der Waals surface area (Å²) >= 11 is 6.56. The molecular formula is C31H38ClN7O3. The van der Waals surface area contributed by atoms with Gasteiger partial charge in [-0.05, 0) is 47.4 Å². The van der Waals surface area contributed by atoms with E-state index in [0.29, 0.717) is 31.1 Å². The molecule has 3 aromatic rings. The highest BCUT2D eigenvalue weighted by Crippen LogP contribution is 2.44. The van der Waals surface area contributed by atoms with Gasteiger partial charge in [0.05, 0.1) is 25.3 Å². The largest absolute Gasteiger partial charge is 0.481 e. The third-order valence-corrected chi connectivity index (χ3v) is 9.07. The SMILES string of the molecule is CC1(C)CCN(c2c(CC(=O)O)c(Cl)nc(N)c2-c2ccc3c(c2)CCN(c2nccc(N4CCOCC4)n2)C3)CC1. The van der Waals surface area contributed by atoms with Crippen molar-refractivity contribution in [1.29, 1.82) is 0 Å². The average Bonchev–Trinajstić information content (AvgIpc) is 2.98. The highest BCUT2D eigenvalue weighted by atomic mass is 35.5. The summed E-state index contributed by atoms with van der Waals surface area (Å²) in [6, 6.07) is 8.34. The molecule has 2 saturated heterocycles. The molecule has 2 fully saturated rings. The molecule has 10 nitrogen and oxygen atoms in total. The molecule has 0 amide bonds. The molecule has 222 valence electrons. The highest BCUT2D eigenvalue weighted by molar-refractivity contribution is 6.31. The maximum Gasteiger partial charge on any atom is 0.308 e. The van der Waals surface area contributed by atoms with Crippen molar-refractivity contribution < 1.29 is 14.6 Å². The number of hydrogen-bond donors (Lipinski definition) is 2. The van der Waals surface area contributed by atoms with Gasteiger partial charge in [-0.25, -0.2) is 9.97 Å². The van der Waals surface area contributed by atoms with Crippen molar-refractivity contribution in [2.24, 2.45) is 5.41 Å². The van der Waals surface area contributed by atoms with Gasteiger partial charge < -0.3 is 30.3 Å². The number of piperidine rings is 1. The van der Waals surface area contributed by atoms with E-state index in [1.54, 1.807) is 0 Å². The van der Waals surface area contributed by atoms with Gasteiger partial charge in [-0.2, -0.15) is 4.98 Å². The molecule has 3 N–H and O–H groups in total. The van der Waals surface area contributed by atoms with Gasteiger partial charge in [0.1, 0.15) is 16.8 Å². The Morgan fingerprint density at radius 1 is 1.02 bits per heavy atom. The first kappa shape index (κ1) is 28.5. The van der Waals surface area contributed by atoms with Crippen molar-refractivity contribution in [1.82, 2.24) is 15.0 Å². The average molecular weight is 592 g/mol. The predicted octanol–water partition coefficient (Wildman–Crippen LogP) is 4.43. The molecule has 0 radical (unpaired) electrons. The Kier molecular flexibility index (Phi) is 7.85. The molecule has 2 aromatic heterocycles. The van der Waals surface area contributed by atoms with Crippen molar-refractivity contribution >= 4 is 40.8 Å². The molecule has 0 unspecified atom stereocenters. The number of pyridine rings is 1. The third-order valence-electron chi connectivity index (χ3n) is 8.76. The first-order chi connectivity index (χ1) is 20.2. The maximum atomic E-state index is 11.9. The summed E-state index contributed by atoms with van der Waals surface area (Å²) in [5.74, 6) is 1.03. The molecule has 0 aliphatic carbocycles. The number of ether oxygens (including phenoxy) is 1. The van der Waals surface area contributed by atoms with Crippen LogP contribution in [0.1, 0.15) is 43.4 Å². The number of hydrogen-bond acceptors (Lipinski definition) is 9. The zero-order valence-electron chi connectivity index (χ0n) is 24.3. The Bertz CT molecular complexity index is 1480. The van der Waals surface area contributed by atoms with Crippen LogP contribution in [-0.4, -0.2) is 72.0 Å². The van der Waals surface area contributed by atoms with Crippen molar-refractivity contribution in [2.75, 3.05) is 66.4 Å². The van der Waals surface area contributed by atoms with Gasteiger partial charge in [-0.3, -0.25) is 4.79 Å². The molecule has 3 aliphatic heterocycles. The Hall–Kier alpha value is -3.63. The number of carbonyl (C=O) groups is 1. The second-order valence-electron chi connectivity index (χ2n) is 12.2. The highest BCUT2D eigenvalue weighted by Gasteiger charge is 2.31. The Balaban J connectivity index is 1.32. The van der Waals surface area contributed by atoms with E-state index in [9.17, 15) is 9.90 Å². The van der Waals surface area contributed by atoms with Crippen LogP contribution >= 0.6 is 11.6 Å². The van der Waals surface area contributed by atoms with Crippen LogP contribution in [0, 0.1) is 5.41 Å². The number of carboxylic acid groups (broad SMARTS) is 1. The van der Waals surface area contributed by atoms with E-state index in [1.165, 1.54) is 11.1 Å². The number of aliphatic carboxylic acids is 1. The van der Waals surface area contributed by atoms with E-state index in [2.05, 4.69) is 56.7 Å². The number of halogens is 1. The van der Waals surface area contributed by atoms with E-state index in [4.69, 9.17) is 27.1 Å². The smallest absolute Gasteiger partial charge is 0.308 e. The molecule has 42 heavy (non-hydrogen) atoms. The summed E-state index contributed by atoms with van der Waals surface area (Å²) in [4.78, 5) is 32.5. The normalized spacial score (nSPS) is 18.6. The predicted molar refractivity (Wildman–Crippen MR) is 165 cm³/mol. The second-order valence-corrected chi connectivity index (χ2v) is 12.5. The van der Waals surface area contributed by atoms with Crippen LogP contribution < -0.4 is 20.4 Å². The van der Waals surface area contributed by atoms with E-state index >= 15 is 0 Å². The first-order valence-electron chi connectivity index (χ1n) is 14.7. The lowest BCUT2D eigenvalue weighted by atomic mass is 9.82. The lowest BCUT2D eigenvalue weighted by molar-refractivity contribution is -0.136. The molecule has 0 atom stereocenters.